The number of sulfone groups is 1. The van der Waals surface area contributed by atoms with Gasteiger partial charge in [0.1, 0.15) is 5.82 Å². The number of nitrogens with zero attached hydrogens (tertiary/aromatic N) is 3. The highest BCUT2D eigenvalue weighted by molar-refractivity contribution is 7.90. The van der Waals surface area contributed by atoms with Crippen LogP contribution in [-0.4, -0.2) is 68.5 Å². The molecule has 31 heavy (non-hydrogen) atoms. The Morgan fingerprint density at radius 1 is 1.26 bits per heavy atom. The van der Waals surface area contributed by atoms with Crippen molar-refractivity contribution in [3.05, 3.63) is 35.5 Å². The highest BCUT2D eigenvalue weighted by atomic mass is 32.2. The van der Waals surface area contributed by atoms with Gasteiger partial charge < -0.3 is 25.4 Å². The molecule has 2 amide bonds. The number of morpholine rings is 1. The third kappa shape index (κ3) is 4.78. The van der Waals surface area contributed by atoms with Crippen LogP contribution in [0.3, 0.4) is 0 Å². The predicted molar refractivity (Wildman–Crippen MR) is 116 cm³/mol. The molecule has 1 aromatic carbocycles. The summed E-state index contributed by atoms with van der Waals surface area (Å²) in [4.78, 5) is 23.1. The summed E-state index contributed by atoms with van der Waals surface area (Å²) in [6.45, 7) is 3.80. The number of rotatable bonds is 5. The van der Waals surface area contributed by atoms with Gasteiger partial charge in [-0.1, -0.05) is 0 Å². The number of carbonyl (C=O) groups is 1. The normalized spacial score (nSPS) is 19.7. The molecule has 0 radical (unpaired) electrons. The average Bonchev–Trinajstić information content (AvgIpc) is 3.06. The standard InChI is InChI=1S/C20H25N5O5S/c1-13-10-30-9-7-25(13)19-16-11-31(28,29)12-17(16)23-18(24-19)14-2-4-15(5-3-14)22-20(27)21-6-8-26/h2-5,13,26H,6-12H2,1H3,(H2,21,22,27)/t13-/m0/s1. The van der Waals surface area contributed by atoms with Crippen molar-refractivity contribution in [3.63, 3.8) is 0 Å². The summed E-state index contributed by atoms with van der Waals surface area (Å²) in [5.74, 6) is 0.963. The number of hydrogen-bond acceptors (Lipinski definition) is 8. The molecule has 0 aliphatic carbocycles. The van der Waals surface area contributed by atoms with Gasteiger partial charge in [-0.25, -0.2) is 23.2 Å². The fraction of sp³-hybridized carbons (Fsp3) is 0.450. The van der Waals surface area contributed by atoms with E-state index < -0.39 is 15.9 Å². The van der Waals surface area contributed by atoms with Crippen molar-refractivity contribution in [1.82, 2.24) is 15.3 Å². The molecule has 1 saturated heterocycles. The lowest BCUT2D eigenvalue weighted by molar-refractivity contribution is 0.0984. The van der Waals surface area contributed by atoms with E-state index in [-0.39, 0.29) is 30.7 Å². The number of aliphatic hydroxyl groups excluding tert-OH is 1. The van der Waals surface area contributed by atoms with Gasteiger partial charge in [-0.15, -0.1) is 0 Å². The zero-order chi connectivity index (χ0) is 22.0. The predicted octanol–water partition coefficient (Wildman–Crippen LogP) is 0.911. The van der Waals surface area contributed by atoms with Crippen LogP contribution >= 0.6 is 0 Å². The number of amides is 2. The molecule has 1 aromatic heterocycles. The number of nitrogens with one attached hydrogen (secondary N) is 2. The molecule has 2 aliphatic rings. The molecule has 0 bridgehead atoms. The number of anilines is 2. The number of aromatic nitrogens is 2. The van der Waals surface area contributed by atoms with Gasteiger partial charge in [0.05, 0.1) is 43.1 Å². The minimum atomic E-state index is -3.24. The number of carbonyl (C=O) groups excluding carboxylic acids is 1. The van der Waals surface area contributed by atoms with E-state index >= 15 is 0 Å². The Labute approximate surface area is 180 Å². The lowest BCUT2D eigenvalue weighted by Gasteiger charge is -2.35. The van der Waals surface area contributed by atoms with Crippen LogP contribution in [0.2, 0.25) is 0 Å². The maximum atomic E-state index is 12.3. The summed E-state index contributed by atoms with van der Waals surface area (Å²) in [5, 5.41) is 14.0. The maximum Gasteiger partial charge on any atom is 0.319 e. The molecular formula is C20H25N5O5S. The Morgan fingerprint density at radius 2 is 2.03 bits per heavy atom. The molecule has 11 heteroatoms. The van der Waals surface area contributed by atoms with E-state index in [0.29, 0.717) is 48.3 Å². The van der Waals surface area contributed by atoms with Crippen LogP contribution in [-0.2, 0) is 26.1 Å². The van der Waals surface area contributed by atoms with E-state index in [4.69, 9.17) is 14.8 Å². The minimum Gasteiger partial charge on any atom is -0.395 e. The fourth-order valence-electron chi connectivity index (χ4n) is 3.72. The highest BCUT2D eigenvalue weighted by Gasteiger charge is 2.34. The summed E-state index contributed by atoms with van der Waals surface area (Å²) >= 11 is 0. The van der Waals surface area contributed by atoms with Gasteiger partial charge in [-0.2, -0.15) is 0 Å². The van der Waals surface area contributed by atoms with E-state index in [1.54, 1.807) is 24.3 Å². The van der Waals surface area contributed by atoms with Crippen LogP contribution in [0.15, 0.2) is 24.3 Å². The molecule has 0 saturated carbocycles. The first-order valence-electron chi connectivity index (χ1n) is 10.1. The van der Waals surface area contributed by atoms with Crippen molar-refractivity contribution in [3.8, 4) is 11.4 Å². The summed E-state index contributed by atoms with van der Waals surface area (Å²) in [5.41, 5.74) is 2.51. The van der Waals surface area contributed by atoms with Crippen molar-refractivity contribution >= 4 is 27.4 Å². The third-order valence-corrected chi connectivity index (χ3v) is 6.67. The lowest BCUT2D eigenvalue weighted by Crippen LogP contribution is -2.44. The average molecular weight is 448 g/mol. The largest absolute Gasteiger partial charge is 0.395 e. The Kier molecular flexibility index (Phi) is 6.08. The first kappa shape index (κ1) is 21.5. The first-order chi connectivity index (χ1) is 14.9. The van der Waals surface area contributed by atoms with Crippen LogP contribution in [0, 0.1) is 0 Å². The van der Waals surface area contributed by atoms with E-state index in [1.807, 2.05) is 6.92 Å². The van der Waals surface area contributed by atoms with Gasteiger partial charge in [0.2, 0.25) is 0 Å². The molecule has 0 spiro atoms. The first-order valence-corrected chi connectivity index (χ1v) is 11.9. The topological polar surface area (TPSA) is 134 Å². The Balaban J connectivity index is 1.65. The van der Waals surface area contributed by atoms with Crippen LogP contribution in [0.5, 0.6) is 0 Å². The Bertz CT molecular complexity index is 1070. The van der Waals surface area contributed by atoms with Gasteiger partial charge in [0, 0.05) is 29.9 Å². The molecule has 4 rings (SSSR count). The third-order valence-electron chi connectivity index (χ3n) is 5.23. The zero-order valence-electron chi connectivity index (χ0n) is 17.2. The van der Waals surface area contributed by atoms with Crippen molar-refractivity contribution in [2.24, 2.45) is 0 Å². The highest BCUT2D eigenvalue weighted by Crippen LogP contribution is 2.34. The molecule has 166 valence electrons. The van der Waals surface area contributed by atoms with Crippen molar-refractivity contribution in [2.75, 3.05) is 43.1 Å². The van der Waals surface area contributed by atoms with Gasteiger partial charge in [-0.05, 0) is 31.2 Å². The smallest absolute Gasteiger partial charge is 0.319 e. The van der Waals surface area contributed by atoms with E-state index in [0.717, 1.165) is 5.56 Å². The SMILES string of the molecule is C[C@H]1COCCN1c1nc(-c2ccc(NC(=O)NCCO)cc2)nc2c1CS(=O)(=O)C2. The van der Waals surface area contributed by atoms with E-state index in [9.17, 15) is 13.2 Å². The van der Waals surface area contributed by atoms with E-state index in [2.05, 4.69) is 20.5 Å². The van der Waals surface area contributed by atoms with Crippen molar-refractivity contribution in [2.45, 2.75) is 24.5 Å². The van der Waals surface area contributed by atoms with Crippen molar-refractivity contribution in [1.29, 1.82) is 0 Å². The summed E-state index contributed by atoms with van der Waals surface area (Å²) < 4.78 is 30.1. The number of fused-ring (bicyclic) bond motifs is 1. The molecule has 1 fully saturated rings. The summed E-state index contributed by atoms with van der Waals surface area (Å²) in [7, 11) is -3.24. The second-order valence-corrected chi connectivity index (χ2v) is 9.69. The van der Waals surface area contributed by atoms with Gasteiger partial charge in [0.25, 0.3) is 0 Å². The molecule has 2 aromatic rings. The molecule has 10 nitrogen and oxygen atoms in total. The zero-order valence-corrected chi connectivity index (χ0v) is 18.0. The molecule has 2 aliphatic heterocycles. The quantitative estimate of drug-likeness (QED) is 0.616. The fourth-order valence-corrected chi connectivity index (χ4v) is 5.21. The summed E-state index contributed by atoms with van der Waals surface area (Å²) in [6.07, 6.45) is 0. The second-order valence-electron chi connectivity index (χ2n) is 7.63. The Hall–Kier alpha value is -2.76. The minimum absolute atomic E-state index is 0.0478. The molecular weight excluding hydrogens is 422 g/mol. The number of benzene rings is 1. The number of hydrogen-bond donors (Lipinski definition) is 3. The van der Waals surface area contributed by atoms with Gasteiger partial charge in [-0.3, -0.25) is 0 Å². The lowest BCUT2D eigenvalue weighted by atomic mass is 10.1. The molecule has 3 N–H and O–H groups in total. The van der Waals surface area contributed by atoms with Gasteiger partial charge in [0.15, 0.2) is 15.7 Å². The van der Waals surface area contributed by atoms with Crippen molar-refractivity contribution < 1.29 is 23.1 Å². The van der Waals surface area contributed by atoms with E-state index in [1.165, 1.54) is 0 Å². The van der Waals surface area contributed by atoms with Crippen LogP contribution in [0.4, 0.5) is 16.3 Å². The molecule has 1 atom stereocenters. The number of ether oxygens (including phenoxy) is 1. The van der Waals surface area contributed by atoms with Crippen LogP contribution in [0.25, 0.3) is 11.4 Å². The second kappa shape index (κ2) is 8.77. The monoisotopic (exact) mass is 447 g/mol. The Morgan fingerprint density at radius 3 is 2.74 bits per heavy atom. The number of aliphatic hydroxyl groups is 1. The molecule has 0 unspecified atom stereocenters. The summed E-state index contributed by atoms with van der Waals surface area (Å²) in [6, 6.07) is 6.66. The van der Waals surface area contributed by atoms with Gasteiger partial charge >= 0.3 is 6.03 Å². The molecule has 3 heterocycles. The number of urea groups is 1. The van der Waals surface area contributed by atoms with Crippen LogP contribution < -0.4 is 15.5 Å². The van der Waals surface area contributed by atoms with Crippen LogP contribution in [0.1, 0.15) is 18.2 Å². The maximum absolute atomic E-state index is 12.3.